The first-order valence-corrected chi connectivity index (χ1v) is 6.22. The van der Waals surface area contributed by atoms with E-state index in [2.05, 4.69) is 44.5 Å². The number of nitrogens with zero attached hydrogens (tertiary/aromatic N) is 1. The second kappa shape index (κ2) is 6.05. The predicted molar refractivity (Wildman–Crippen MR) is 72.5 cm³/mol. The number of allylic oxidation sites excluding steroid dienone is 4. The maximum atomic E-state index is 3.92. The molecule has 1 saturated heterocycles. The largest absolute Gasteiger partial charge is 0.302 e. The molecule has 1 aliphatic rings. The summed E-state index contributed by atoms with van der Waals surface area (Å²) >= 11 is 0. The van der Waals surface area contributed by atoms with Gasteiger partial charge in [-0.15, -0.1) is 0 Å². The summed E-state index contributed by atoms with van der Waals surface area (Å²) in [5, 5.41) is 0. The smallest absolute Gasteiger partial charge is 0.0195 e. The summed E-state index contributed by atoms with van der Waals surface area (Å²) < 4.78 is 0. The van der Waals surface area contributed by atoms with Gasteiger partial charge in [0.05, 0.1) is 0 Å². The molecule has 1 heteroatoms. The summed E-state index contributed by atoms with van der Waals surface area (Å²) in [4.78, 5) is 2.42. The quantitative estimate of drug-likeness (QED) is 0.639. The van der Waals surface area contributed by atoms with Crippen molar-refractivity contribution in [1.82, 2.24) is 4.90 Å². The zero-order chi connectivity index (χ0) is 12.1. The number of rotatable bonds is 2. The second-order valence-corrected chi connectivity index (χ2v) is 5.24. The first-order chi connectivity index (χ1) is 7.49. The van der Waals surface area contributed by atoms with Crippen molar-refractivity contribution in [3.63, 3.8) is 0 Å². The highest BCUT2D eigenvalue weighted by Gasteiger charge is 2.15. The van der Waals surface area contributed by atoms with Crippen molar-refractivity contribution in [1.29, 1.82) is 0 Å². The lowest BCUT2D eigenvalue weighted by atomic mass is 9.95. The Kier molecular flexibility index (Phi) is 5.01. The van der Waals surface area contributed by atoms with Crippen molar-refractivity contribution in [2.45, 2.75) is 33.6 Å². The van der Waals surface area contributed by atoms with Crippen molar-refractivity contribution < 1.29 is 0 Å². The molecule has 16 heavy (non-hydrogen) atoms. The predicted octanol–water partition coefficient (Wildman–Crippen LogP) is 3.80. The van der Waals surface area contributed by atoms with Gasteiger partial charge in [-0.25, -0.2) is 0 Å². The highest BCUT2D eigenvalue weighted by atomic mass is 15.1. The molecular formula is C15H25N. The van der Waals surface area contributed by atoms with Crippen LogP contribution in [0.3, 0.4) is 0 Å². The van der Waals surface area contributed by atoms with E-state index in [0.717, 1.165) is 18.0 Å². The lowest BCUT2D eigenvalue weighted by Crippen LogP contribution is -2.20. The molecule has 0 N–H and O–H groups in total. The van der Waals surface area contributed by atoms with Gasteiger partial charge in [-0.1, -0.05) is 42.4 Å². The summed E-state index contributed by atoms with van der Waals surface area (Å²) in [7, 11) is 2.21. The van der Waals surface area contributed by atoms with E-state index in [1.807, 2.05) is 6.92 Å². The van der Waals surface area contributed by atoms with Crippen molar-refractivity contribution in [2.75, 3.05) is 20.1 Å². The number of hydrogen-bond donors (Lipinski definition) is 0. The van der Waals surface area contributed by atoms with Crippen LogP contribution in [0.15, 0.2) is 35.5 Å². The molecule has 1 rings (SSSR count). The normalized spacial score (nSPS) is 26.9. The average molecular weight is 219 g/mol. The lowest BCUT2D eigenvalue weighted by Gasteiger charge is -2.16. The van der Waals surface area contributed by atoms with Gasteiger partial charge in [0.15, 0.2) is 0 Å². The van der Waals surface area contributed by atoms with E-state index in [-0.39, 0.29) is 0 Å². The monoisotopic (exact) mass is 219 g/mol. The average Bonchev–Trinajstić information content (AvgIpc) is 2.28. The van der Waals surface area contributed by atoms with Gasteiger partial charge in [-0.3, -0.25) is 0 Å². The van der Waals surface area contributed by atoms with Crippen LogP contribution in [-0.4, -0.2) is 25.0 Å². The van der Waals surface area contributed by atoms with E-state index < -0.39 is 0 Å². The summed E-state index contributed by atoms with van der Waals surface area (Å²) in [5.41, 5.74) is 4.02. The molecule has 0 aromatic rings. The Labute approximate surface area is 101 Å². The second-order valence-electron chi connectivity index (χ2n) is 5.24. The Morgan fingerprint density at radius 3 is 2.75 bits per heavy atom. The third kappa shape index (κ3) is 4.36. The first kappa shape index (κ1) is 13.2. The number of likely N-dealkylation sites (N-methyl/N-ethyl adjacent to an activating group) is 1. The first-order valence-electron chi connectivity index (χ1n) is 6.22. The maximum Gasteiger partial charge on any atom is 0.0195 e. The van der Waals surface area contributed by atoms with Gasteiger partial charge in [0.25, 0.3) is 0 Å². The van der Waals surface area contributed by atoms with Crippen LogP contribution in [0.4, 0.5) is 0 Å². The van der Waals surface area contributed by atoms with Gasteiger partial charge in [-0.05, 0) is 46.2 Å². The van der Waals surface area contributed by atoms with Crippen LogP contribution in [-0.2, 0) is 0 Å². The van der Waals surface area contributed by atoms with E-state index >= 15 is 0 Å². The third-order valence-electron chi connectivity index (χ3n) is 3.15. The molecule has 0 spiro atoms. The zero-order valence-corrected chi connectivity index (χ0v) is 11.2. The Morgan fingerprint density at radius 1 is 1.44 bits per heavy atom. The minimum atomic E-state index is 0.721. The van der Waals surface area contributed by atoms with Gasteiger partial charge in [-0.2, -0.15) is 0 Å². The van der Waals surface area contributed by atoms with Crippen LogP contribution < -0.4 is 0 Å². The zero-order valence-electron chi connectivity index (χ0n) is 11.2. The van der Waals surface area contributed by atoms with Gasteiger partial charge in [0, 0.05) is 6.54 Å². The summed E-state index contributed by atoms with van der Waals surface area (Å²) in [6, 6.07) is 0. The lowest BCUT2D eigenvalue weighted by molar-refractivity contribution is 0.370. The van der Waals surface area contributed by atoms with E-state index in [1.54, 1.807) is 5.57 Å². The Balaban J connectivity index is 2.82. The Hall–Kier alpha value is -0.820. The van der Waals surface area contributed by atoms with Crippen LogP contribution in [0.2, 0.25) is 0 Å². The Bertz CT molecular complexity index is 309. The van der Waals surface area contributed by atoms with Crippen LogP contribution in [0.25, 0.3) is 0 Å². The van der Waals surface area contributed by atoms with E-state index in [9.17, 15) is 0 Å². The van der Waals surface area contributed by atoms with Gasteiger partial charge >= 0.3 is 0 Å². The molecule has 1 fully saturated rings. The summed E-state index contributed by atoms with van der Waals surface area (Å²) in [5.74, 6) is 0.721. The molecular weight excluding hydrogens is 194 g/mol. The maximum absolute atomic E-state index is 3.92. The molecule has 1 heterocycles. The molecule has 0 aromatic heterocycles. The standard InChI is InChI=1S/C15H25N/c1-12(2)9-13(3)10-15-11-16(5)8-6-7-14(15)4/h9-10,14H,1,6-8,11H2,2-5H3/b13-9-,15-10+. The van der Waals surface area contributed by atoms with Gasteiger partial charge < -0.3 is 4.90 Å². The minimum absolute atomic E-state index is 0.721. The fourth-order valence-electron chi connectivity index (χ4n) is 2.31. The molecule has 90 valence electrons. The minimum Gasteiger partial charge on any atom is -0.302 e. The highest BCUT2D eigenvalue weighted by molar-refractivity contribution is 5.30. The molecule has 1 aliphatic heterocycles. The van der Waals surface area contributed by atoms with Gasteiger partial charge in [0.1, 0.15) is 0 Å². The van der Waals surface area contributed by atoms with Crippen LogP contribution >= 0.6 is 0 Å². The SMILES string of the molecule is C=C(C)/C=C(C)\C=C1/CN(C)CCCC1C. The molecule has 0 aliphatic carbocycles. The Morgan fingerprint density at radius 2 is 2.12 bits per heavy atom. The molecule has 0 aromatic carbocycles. The number of hydrogen-bond acceptors (Lipinski definition) is 1. The van der Waals surface area contributed by atoms with E-state index in [1.165, 1.54) is 25.0 Å². The number of likely N-dealkylation sites (tertiary alicyclic amines) is 1. The van der Waals surface area contributed by atoms with Crippen molar-refractivity contribution in [3.8, 4) is 0 Å². The van der Waals surface area contributed by atoms with Crippen molar-refractivity contribution in [3.05, 3.63) is 35.5 Å². The van der Waals surface area contributed by atoms with E-state index in [4.69, 9.17) is 0 Å². The molecule has 1 unspecified atom stereocenters. The summed E-state index contributed by atoms with van der Waals surface area (Å²) in [6.45, 7) is 12.8. The van der Waals surface area contributed by atoms with Crippen molar-refractivity contribution >= 4 is 0 Å². The van der Waals surface area contributed by atoms with Crippen LogP contribution in [0.1, 0.15) is 33.6 Å². The highest BCUT2D eigenvalue weighted by Crippen LogP contribution is 2.23. The molecule has 1 atom stereocenters. The summed E-state index contributed by atoms with van der Waals surface area (Å²) in [6.07, 6.45) is 7.14. The fourth-order valence-corrected chi connectivity index (χ4v) is 2.31. The fraction of sp³-hybridized carbons (Fsp3) is 0.600. The molecule has 0 saturated carbocycles. The molecule has 0 bridgehead atoms. The van der Waals surface area contributed by atoms with Crippen molar-refractivity contribution in [2.24, 2.45) is 5.92 Å². The van der Waals surface area contributed by atoms with Crippen LogP contribution in [0, 0.1) is 5.92 Å². The molecule has 1 nitrogen and oxygen atoms in total. The topological polar surface area (TPSA) is 3.24 Å². The molecule has 0 radical (unpaired) electrons. The van der Waals surface area contributed by atoms with Crippen LogP contribution in [0.5, 0.6) is 0 Å². The third-order valence-corrected chi connectivity index (χ3v) is 3.15. The van der Waals surface area contributed by atoms with E-state index in [0.29, 0.717) is 0 Å². The van der Waals surface area contributed by atoms with Gasteiger partial charge in [0.2, 0.25) is 0 Å². The molecule has 0 amide bonds.